The number of piperidine rings is 1. The molecule has 2 atom stereocenters. The summed E-state index contributed by atoms with van der Waals surface area (Å²) in [5, 5.41) is 4.99. The topological polar surface area (TPSA) is 67.9 Å². The van der Waals surface area contributed by atoms with Crippen molar-refractivity contribution in [1.82, 2.24) is 0 Å². The van der Waals surface area contributed by atoms with E-state index >= 15 is 0 Å². The Morgan fingerprint density at radius 2 is 1.81 bits per heavy atom. The van der Waals surface area contributed by atoms with Crippen molar-refractivity contribution in [2.24, 2.45) is 5.92 Å². The van der Waals surface area contributed by atoms with Crippen LogP contribution in [0, 0.1) is 12.8 Å². The number of methoxy groups -OCH3 is 2. The van der Waals surface area contributed by atoms with Crippen molar-refractivity contribution in [2.45, 2.75) is 25.8 Å². The molecule has 0 spiro atoms. The number of carbonyl (C=O) groups excluding carboxylic acids is 2. The molecular formula is C25H26N2O4S. The monoisotopic (exact) mass is 450 g/mol. The number of nitrogens with one attached hydrogen (secondary N) is 1. The number of nitrogens with zero attached hydrogens (tertiary/aromatic N) is 1. The summed E-state index contributed by atoms with van der Waals surface area (Å²) in [4.78, 5) is 29.3. The molecule has 1 aliphatic rings. The van der Waals surface area contributed by atoms with Crippen molar-refractivity contribution in [3.05, 3.63) is 70.4 Å². The summed E-state index contributed by atoms with van der Waals surface area (Å²) in [7, 11) is 3.13. The van der Waals surface area contributed by atoms with Gasteiger partial charge in [0.05, 0.1) is 26.2 Å². The molecule has 166 valence electrons. The fraction of sp³-hybridized carbons (Fsp3) is 0.280. The van der Waals surface area contributed by atoms with Gasteiger partial charge in [-0.15, -0.1) is 11.3 Å². The van der Waals surface area contributed by atoms with Crippen LogP contribution in [0.3, 0.4) is 0 Å². The lowest BCUT2D eigenvalue weighted by Gasteiger charge is -2.40. The van der Waals surface area contributed by atoms with Crippen LogP contribution in [0.15, 0.2) is 60.0 Å². The Labute approximate surface area is 191 Å². The third kappa shape index (κ3) is 4.34. The summed E-state index contributed by atoms with van der Waals surface area (Å²) < 4.78 is 10.6. The zero-order chi connectivity index (χ0) is 22.7. The summed E-state index contributed by atoms with van der Waals surface area (Å²) in [6, 6.07) is 16.7. The summed E-state index contributed by atoms with van der Waals surface area (Å²) in [5.41, 5.74) is 2.55. The van der Waals surface area contributed by atoms with Gasteiger partial charge >= 0.3 is 0 Å². The molecule has 1 aromatic heterocycles. The number of thiophene rings is 1. The molecule has 1 N–H and O–H groups in total. The van der Waals surface area contributed by atoms with Crippen LogP contribution in [-0.2, 0) is 9.59 Å². The quantitative estimate of drug-likeness (QED) is 0.561. The Kier molecular flexibility index (Phi) is 6.46. The van der Waals surface area contributed by atoms with Gasteiger partial charge < -0.3 is 19.7 Å². The van der Waals surface area contributed by atoms with Gasteiger partial charge in [0.1, 0.15) is 0 Å². The molecule has 0 radical (unpaired) electrons. The van der Waals surface area contributed by atoms with E-state index in [9.17, 15) is 9.59 Å². The first kappa shape index (κ1) is 21.9. The summed E-state index contributed by atoms with van der Waals surface area (Å²) in [5.74, 6) is 0.652. The van der Waals surface area contributed by atoms with Gasteiger partial charge in [-0.1, -0.05) is 23.8 Å². The minimum absolute atomic E-state index is 0.0300. The molecule has 2 amide bonds. The molecule has 0 bridgehead atoms. The van der Waals surface area contributed by atoms with Crippen LogP contribution in [0.25, 0.3) is 0 Å². The van der Waals surface area contributed by atoms with E-state index in [0.717, 1.165) is 16.1 Å². The van der Waals surface area contributed by atoms with E-state index in [4.69, 9.17) is 9.47 Å². The number of carbonyl (C=O) groups is 2. The normalized spacial score (nSPS) is 18.3. The van der Waals surface area contributed by atoms with Gasteiger partial charge in [-0.25, -0.2) is 0 Å². The van der Waals surface area contributed by atoms with Gasteiger partial charge in [-0.05, 0) is 49.1 Å². The van der Waals surface area contributed by atoms with Crippen molar-refractivity contribution in [3.8, 4) is 11.5 Å². The lowest BCUT2D eigenvalue weighted by molar-refractivity contribution is -0.125. The van der Waals surface area contributed by atoms with Gasteiger partial charge in [-0.3, -0.25) is 9.59 Å². The van der Waals surface area contributed by atoms with Crippen LogP contribution in [0.4, 0.5) is 11.4 Å². The Morgan fingerprint density at radius 3 is 2.47 bits per heavy atom. The van der Waals surface area contributed by atoms with E-state index in [1.807, 2.05) is 48.7 Å². The second-order valence-electron chi connectivity index (χ2n) is 7.76. The highest BCUT2D eigenvalue weighted by atomic mass is 32.1. The average Bonchev–Trinajstić information content (AvgIpc) is 3.34. The van der Waals surface area contributed by atoms with Crippen molar-refractivity contribution in [2.75, 3.05) is 24.4 Å². The highest BCUT2D eigenvalue weighted by Gasteiger charge is 2.42. The number of hydrogen-bond acceptors (Lipinski definition) is 5. The Bertz CT molecular complexity index is 1100. The zero-order valence-corrected chi connectivity index (χ0v) is 19.1. The highest BCUT2D eigenvalue weighted by molar-refractivity contribution is 7.10. The molecule has 7 heteroatoms. The second kappa shape index (κ2) is 9.44. The Balaban J connectivity index is 1.66. The van der Waals surface area contributed by atoms with Gasteiger partial charge in [0, 0.05) is 28.7 Å². The molecule has 0 saturated carbocycles. The molecule has 2 unspecified atom stereocenters. The number of benzene rings is 2. The molecule has 1 fully saturated rings. The van der Waals surface area contributed by atoms with E-state index in [1.165, 1.54) is 0 Å². The second-order valence-corrected chi connectivity index (χ2v) is 8.74. The summed E-state index contributed by atoms with van der Waals surface area (Å²) in [6.45, 7) is 2.01. The molecule has 3 aromatic rings. The number of ether oxygens (including phenoxy) is 2. The molecule has 2 heterocycles. The molecular weight excluding hydrogens is 424 g/mol. The molecule has 6 nitrogen and oxygen atoms in total. The SMILES string of the molecule is COc1ccc(NC(=O)C2CCC(=O)N(c3ccc(C)cc3)C2c2cccs2)cc1OC. The number of anilines is 2. The average molecular weight is 451 g/mol. The van der Waals surface area contributed by atoms with Crippen LogP contribution in [0.5, 0.6) is 11.5 Å². The number of amides is 2. The third-order valence-corrected chi connectivity index (χ3v) is 6.67. The predicted molar refractivity (Wildman–Crippen MR) is 127 cm³/mol. The maximum atomic E-state index is 13.4. The highest BCUT2D eigenvalue weighted by Crippen LogP contribution is 2.42. The van der Waals surface area contributed by atoms with Gasteiger partial charge in [0.2, 0.25) is 11.8 Å². The third-order valence-electron chi connectivity index (χ3n) is 5.73. The van der Waals surface area contributed by atoms with Crippen LogP contribution in [0.2, 0.25) is 0 Å². The van der Waals surface area contributed by atoms with Crippen LogP contribution in [-0.4, -0.2) is 26.0 Å². The van der Waals surface area contributed by atoms with E-state index in [2.05, 4.69) is 5.32 Å². The van der Waals surface area contributed by atoms with E-state index in [1.54, 1.807) is 48.7 Å². The Morgan fingerprint density at radius 1 is 1.06 bits per heavy atom. The van der Waals surface area contributed by atoms with E-state index in [-0.39, 0.29) is 23.8 Å². The molecule has 1 aliphatic heterocycles. The zero-order valence-electron chi connectivity index (χ0n) is 18.3. The Hall–Kier alpha value is -3.32. The van der Waals surface area contributed by atoms with Crippen molar-refractivity contribution < 1.29 is 19.1 Å². The van der Waals surface area contributed by atoms with Crippen molar-refractivity contribution in [3.63, 3.8) is 0 Å². The smallest absolute Gasteiger partial charge is 0.229 e. The first-order valence-electron chi connectivity index (χ1n) is 10.5. The molecule has 4 rings (SSSR count). The number of rotatable bonds is 6. The lowest BCUT2D eigenvalue weighted by atomic mass is 9.86. The van der Waals surface area contributed by atoms with Gasteiger partial charge in [-0.2, -0.15) is 0 Å². The summed E-state index contributed by atoms with van der Waals surface area (Å²) >= 11 is 1.56. The fourth-order valence-corrected chi connectivity index (χ4v) is 4.99. The number of aryl methyl sites for hydroxylation is 1. The lowest BCUT2D eigenvalue weighted by Crippen LogP contribution is -2.46. The first-order valence-corrected chi connectivity index (χ1v) is 11.3. The van der Waals surface area contributed by atoms with E-state index in [0.29, 0.717) is 30.0 Å². The predicted octanol–water partition coefficient (Wildman–Crippen LogP) is 5.20. The minimum atomic E-state index is -0.388. The standard InChI is InChI=1S/C25H26N2O4S/c1-16-6-9-18(10-7-16)27-23(28)13-11-19(24(27)22-5-4-14-32-22)25(29)26-17-8-12-20(30-2)21(15-17)31-3/h4-10,12,14-15,19,24H,11,13H2,1-3H3,(H,26,29). The minimum Gasteiger partial charge on any atom is -0.493 e. The van der Waals surface area contributed by atoms with Gasteiger partial charge in [0.25, 0.3) is 0 Å². The fourth-order valence-electron chi connectivity index (χ4n) is 4.11. The van der Waals surface area contributed by atoms with Crippen molar-refractivity contribution >= 4 is 34.5 Å². The van der Waals surface area contributed by atoms with Gasteiger partial charge in [0.15, 0.2) is 11.5 Å². The van der Waals surface area contributed by atoms with Crippen LogP contribution >= 0.6 is 11.3 Å². The molecule has 2 aromatic carbocycles. The molecule has 32 heavy (non-hydrogen) atoms. The van der Waals surface area contributed by atoms with Crippen LogP contribution < -0.4 is 19.7 Å². The molecule has 1 saturated heterocycles. The maximum absolute atomic E-state index is 13.4. The van der Waals surface area contributed by atoms with Crippen molar-refractivity contribution in [1.29, 1.82) is 0 Å². The molecule has 0 aliphatic carbocycles. The number of hydrogen-bond donors (Lipinski definition) is 1. The first-order chi connectivity index (χ1) is 15.5. The largest absolute Gasteiger partial charge is 0.493 e. The van der Waals surface area contributed by atoms with Crippen LogP contribution in [0.1, 0.15) is 29.3 Å². The maximum Gasteiger partial charge on any atom is 0.229 e. The summed E-state index contributed by atoms with van der Waals surface area (Å²) in [6.07, 6.45) is 0.808. The van der Waals surface area contributed by atoms with E-state index < -0.39 is 0 Å².